The monoisotopic (exact) mass is 534 g/mol. The van der Waals surface area contributed by atoms with E-state index in [1.54, 1.807) is 0 Å². The zero-order valence-corrected chi connectivity index (χ0v) is 22.2. The molecular formula is C29H30N2O6S. The van der Waals surface area contributed by atoms with Crippen LogP contribution in [0, 0.1) is 30.9 Å². The second kappa shape index (κ2) is 13.6. The molecule has 38 heavy (non-hydrogen) atoms. The van der Waals surface area contributed by atoms with Crippen molar-refractivity contribution in [2.75, 3.05) is 5.48 Å². The Kier molecular flexibility index (Phi) is 10.3. The van der Waals surface area contributed by atoms with E-state index < -0.39 is 16.0 Å². The molecule has 4 aromatic rings. The fourth-order valence-corrected chi connectivity index (χ4v) is 4.36. The highest BCUT2D eigenvalue weighted by Crippen LogP contribution is 2.23. The average Bonchev–Trinajstić information content (AvgIpc) is 2.89. The number of non-ortho nitro benzene ring substituents is 1. The number of nitrogens with one attached hydrogen (secondary N) is 1. The number of aryl methyl sites for hydroxylation is 3. The van der Waals surface area contributed by atoms with Gasteiger partial charge in [-0.25, -0.2) is 14.9 Å². The van der Waals surface area contributed by atoms with Gasteiger partial charge in [0.25, 0.3) is 5.69 Å². The second-order valence-electron chi connectivity index (χ2n) is 8.96. The zero-order valence-electron chi connectivity index (χ0n) is 21.4. The van der Waals surface area contributed by atoms with E-state index >= 15 is 0 Å². The summed E-state index contributed by atoms with van der Waals surface area (Å²) in [6.07, 6.45) is 1.25. The molecule has 8 nitrogen and oxygen atoms in total. The summed E-state index contributed by atoms with van der Waals surface area (Å²) < 4.78 is 20.5. The molecule has 0 fully saturated rings. The Bertz CT molecular complexity index is 1410. The van der Waals surface area contributed by atoms with Crippen LogP contribution in [0.4, 0.5) is 11.4 Å². The van der Waals surface area contributed by atoms with Crippen molar-refractivity contribution in [3.05, 3.63) is 134 Å². The van der Waals surface area contributed by atoms with Gasteiger partial charge in [0.15, 0.2) is 11.1 Å². The van der Waals surface area contributed by atoms with E-state index in [9.17, 15) is 18.9 Å². The molecular weight excluding hydrogens is 504 g/mol. The molecule has 9 heteroatoms. The van der Waals surface area contributed by atoms with Crippen molar-refractivity contribution in [3.63, 3.8) is 0 Å². The predicted octanol–water partition coefficient (Wildman–Crippen LogP) is 6.79. The van der Waals surface area contributed by atoms with Crippen LogP contribution in [0.5, 0.6) is 0 Å². The largest absolute Gasteiger partial charge is 0.302 e. The van der Waals surface area contributed by atoms with Crippen LogP contribution in [-0.4, -0.2) is 18.9 Å². The third kappa shape index (κ3) is 8.32. The van der Waals surface area contributed by atoms with E-state index in [1.807, 2.05) is 49.4 Å². The summed E-state index contributed by atoms with van der Waals surface area (Å²) in [5.74, 6) is 0. The molecule has 1 atom stereocenters. The van der Waals surface area contributed by atoms with Gasteiger partial charge in [-0.05, 0) is 79.6 Å². The third-order valence-corrected chi connectivity index (χ3v) is 6.76. The molecule has 0 aliphatic heterocycles. The van der Waals surface area contributed by atoms with Crippen LogP contribution < -0.4 is 5.48 Å². The van der Waals surface area contributed by atoms with Gasteiger partial charge in [0.2, 0.25) is 0 Å². The first kappa shape index (κ1) is 28.7. The molecule has 1 unspecified atom stereocenters. The molecule has 0 saturated heterocycles. The van der Waals surface area contributed by atoms with Crippen LogP contribution in [0.3, 0.4) is 0 Å². The van der Waals surface area contributed by atoms with E-state index in [4.69, 9.17) is 5.26 Å². The Morgan fingerprint density at radius 2 is 1.37 bits per heavy atom. The topological polar surface area (TPSA) is 122 Å². The maximum atomic E-state index is 11.3. The first-order valence-electron chi connectivity index (χ1n) is 11.8. The lowest BCUT2D eigenvalue weighted by molar-refractivity contribution is -0.385. The summed E-state index contributed by atoms with van der Waals surface area (Å²) in [4.78, 5) is 14.4. The van der Waals surface area contributed by atoms with Gasteiger partial charge in [-0.2, -0.15) is 0 Å². The molecule has 0 aromatic heterocycles. The van der Waals surface area contributed by atoms with E-state index in [2.05, 4.69) is 48.6 Å². The van der Waals surface area contributed by atoms with Crippen LogP contribution in [0.2, 0.25) is 0 Å². The summed E-state index contributed by atoms with van der Waals surface area (Å²) in [7, 11) is 0. The SMILES string of the molecule is Cc1ccc(Cc2cc(NOO)ccc2C)cc1.Cc1ccc(Cc2cc([N+](=O)[O-])ccc2S(=O)O)cc1. The molecule has 0 aliphatic rings. The molecule has 0 spiro atoms. The maximum absolute atomic E-state index is 11.3. The number of hydrogen-bond donors (Lipinski definition) is 3. The van der Waals surface area contributed by atoms with Gasteiger partial charge in [0, 0.05) is 12.1 Å². The average molecular weight is 535 g/mol. The minimum Gasteiger partial charge on any atom is -0.302 e. The molecule has 3 N–H and O–H groups in total. The van der Waals surface area contributed by atoms with Crippen LogP contribution in [0.15, 0.2) is 89.8 Å². The Labute approximate surface area is 224 Å². The number of hydrogen-bond acceptors (Lipinski definition) is 6. The Hall–Kier alpha value is -3.89. The van der Waals surface area contributed by atoms with E-state index in [0.29, 0.717) is 12.0 Å². The van der Waals surface area contributed by atoms with Crippen molar-refractivity contribution in [3.8, 4) is 0 Å². The molecule has 198 valence electrons. The lowest BCUT2D eigenvalue weighted by atomic mass is 9.99. The fraction of sp³-hybridized carbons (Fsp3) is 0.172. The van der Waals surface area contributed by atoms with Crippen molar-refractivity contribution >= 4 is 22.5 Å². The van der Waals surface area contributed by atoms with E-state index in [1.165, 1.54) is 40.5 Å². The van der Waals surface area contributed by atoms with Gasteiger partial charge in [-0.1, -0.05) is 65.7 Å². The molecule has 0 heterocycles. The van der Waals surface area contributed by atoms with Crippen LogP contribution in [0.25, 0.3) is 0 Å². The van der Waals surface area contributed by atoms with Gasteiger partial charge in [-0.3, -0.25) is 10.1 Å². The van der Waals surface area contributed by atoms with Crippen molar-refractivity contribution in [2.45, 2.75) is 38.5 Å². The molecule has 0 aliphatic carbocycles. The summed E-state index contributed by atoms with van der Waals surface area (Å²) in [5, 5.41) is 19.2. The summed E-state index contributed by atoms with van der Waals surface area (Å²) in [6.45, 7) is 6.12. The number of nitrogens with zero attached hydrogens (tertiary/aromatic N) is 1. The number of anilines is 1. The quantitative estimate of drug-likeness (QED) is 0.0985. The first-order chi connectivity index (χ1) is 18.2. The van der Waals surface area contributed by atoms with Crippen molar-refractivity contribution in [1.82, 2.24) is 0 Å². The standard InChI is InChI=1S/C15H17NO2.C14H13NO4S/c1-11-3-6-13(7-4-11)9-14-10-15(16-18-17)8-5-12(14)2;1-10-2-4-11(5-3-10)8-12-9-13(15(16)17)6-7-14(12)20(18)19/h3-8,10,16-17H,9H2,1-2H3;2-7,9H,8H2,1H3,(H,18,19). The number of benzene rings is 4. The Morgan fingerprint density at radius 3 is 1.87 bits per heavy atom. The van der Waals surface area contributed by atoms with Crippen LogP contribution >= 0.6 is 0 Å². The van der Waals surface area contributed by atoms with Crippen molar-refractivity contribution < 1.29 is 23.9 Å². The van der Waals surface area contributed by atoms with Gasteiger partial charge in [0.05, 0.1) is 15.5 Å². The third-order valence-electron chi connectivity index (χ3n) is 5.99. The van der Waals surface area contributed by atoms with Gasteiger partial charge < -0.3 is 4.55 Å². The lowest BCUT2D eigenvalue weighted by Crippen LogP contribution is -2.00. The highest BCUT2D eigenvalue weighted by Gasteiger charge is 2.14. The van der Waals surface area contributed by atoms with Gasteiger partial charge in [-0.15, -0.1) is 4.99 Å². The number of nitro benzene ring substituents is 1. The minimum atomic E-state index is -2.16. The molecule has 4 rings (SSSR count). The second-order valence-corrected chi connectivity index (χ2v) is 9.90. The summed E-state index contributed by atoms with van der Waals surface area (Å²) in [6, 6.07) is 25.9. The molecule has 0 saturated carbocycles. The minimum absolute atomic E-state index is 0.0821. The van der Waals surface area contributed by atoms with Crippen molar-refractivity contribution in [2.24, 2.45) is 0 Å². The van der Waals surface area contributed by atoms with Gasteiger partial charge in [0.1, 0.15) is 0 Å². The van der Waals surface area contributed by atoms with Crippen LogP contribution in [0.1, 0.15) is 38.9 Å². The number of rotatable bonds is 8. The summed E-state index contributed by atoms with van der Waals surface area (Å²) >= 11 is -2.16. The highest BCUT2D eigenvalue weighted by molar-refractivity contribution is 7.79. The predicted molar refractivity (Wildman–Crippen MR) is 149 cm³/mol. The number of nitro groups is 1. The van der Waals surface area contributed by atoms with Crippen molar-refractivity contribution in [1.29, 1.82) is 0 Å². The lowest BCUT2D eigenvalue weighted by Gasteiger charge is -2.09. The van der Waals surface area contributed by atoms with Crippen LogP contribution in [-0.2, 0) is 28.9 Å². The molecule has 0 amide bonds. The Balaban J connectivity index is 0.000000212. The zero-order chi connectivity index (χ0) is 27.7. The normalized spacial score (nSPS) is 11.3. The fourth-order valence-electron chi connectivity index (χ4n) is 3.82. The Morgan fingerprint density at radius 1 is 0.816 bits per heavy atom. The smallest absolute Gasteiger partial charge is 0.269 e. The summed E-state index contributed by atoms with van der Waals surface area (Å²) in [5.41, 5.74) is 10.6. The van der Waals surface area contributed by atoms with E-state index in [-0.39, 0.29) is 10.6 Å². The highest BCUT2D eigenvalue weighted by atomic mass is 32.2. The maximum Gasteiger partial charge on any atom is 0.269 e. The first-order valence-corrected chi connectivity index (χ1v) is 12.9. The van der Waals surface area contributed by atoms with E-state index in [0.717, 1.165) is 23.2 Å². The molecule has 0 bridgehead atoms. The molecule has 4 aromatic carbocycles. The molecule has 0 radical (unpaired) electrons. The van der Waals surface area contributed by atoms with Gasteiger partial charge >= 0.3 is 0 Å².